The largest absolute Gasteiger partial charge is 0.454 e. The maximum Gasteiger partial charge on any atom is 0.251 e. The molecule has 4 rings (SSSR count). The van der Waals surface area contributed by atoms with Gasteiger partial charge in [-0.3, -0.25) is 14.9 Å². The molecular weight excluding hydrogens is 464 g/mol. The van der Waals surface area contributed by atoms with Crippen LogP contribution in [0.15, 0.2) is 42.5 Å². The third kappa shape index (κ3) is 5.97. The predicted octanol–water partition coefficient (Wildman–Crippen LogP) is 5.06. The summed E-state index contributed by atoms with van der Waals surface area (Å²) in [7, 11) is 0. The number of anilines is 1. The second-order valence-electron chi connectivity index (χ2n) is 8.61. The summed E-state index contributed by atoms with van der Waals surface area (Å²) in [5, 5.41) is 15.1. The van der Waals surface area contributed by atoms with Gasteiger partial charge in [0.2, 0.25) is 17.8 Å². The van der Waals surface area contributed by atoms with Crippen molar-refractivity contribution in [2.75, 3.05) is 12.1 Å². The van der Waals surface area contributed by atoms with Gasteiger partial charge in [0.25, 0.3) is 5.91 Å². The molecule has 1 aromatic heterocycles. The fraction of sp³-hybridized carbons (Fsp3) is 0.385. The maximum atomic E-state index is 13.1. The van der Waals surface area contributed by atoms with E-state index in [2.05, 4.69) is 27.8 Å². The number of ether oxygens (including phenoxy) is 2. The van der Waals surface area contributed by atoms with Gasteiger partial charge in [0.1, 0.15) is 11.0 Å². The van der Waals surface area contributed by atoms with Crippen LogP contribution in [0.5, 0.6) is 11.5 Å². The van der Waals surface area contributed by atoms with E-state index in [9.17, 15) is 9.59 Å². The summed E-state index contributed by atoms with van der Waals surface area (Å²) in [5.74, 6) is 0.686. The molecule has 0 bridgehead atoms. The third-order valence-corrected chi connectivity index (χ3v) is 6.98. The van der Waals surface area contributed by atoms with Crippen LogP contribution in [0.1, 0.15) is 56.0 Å². The number of carbonyl (C=O) groups excluding carboxylic acids is 2. The number of nitrogens with zero attached hydrogens (tertiary/aromatic N) is 2. The molecule has 0 spiro atoms. The van der Waals surface area contributed by atoms with Crippen LogP contribution in [0.25, 0.3) is 10.6 Å². The van der Waals surface area contributed by atoms with Crippen molar-refractivity contribution in [3.63, 3.8) is 0 Å². The van der Waals surface area contributed by atoms with Gasteiger partial charge in [-0.2, -0.15) is 0 Å². The van der Waals surface area contributed by atoms with Crippen molar-refractivity contribution in [3.8, 4) is 22.1 Å². The summed E-state index contributed by atoms with van der Waals surface area (Å²) < 4.78 is 10.8. The standard InChI is InChI=1S/C26H30N4O4S/c1-4-6-7-17-8-10-18(11-9-17)23(31)27-22(16(3)5-2)24(32)28-26-30-29-25(35-26)19-12-13-20-21(14-19)34-15-33-20/h8-14,16,22H,4-7,15H2,1-3H3,(H,27,31)(H,28,30,32)/t16-,22-/m1/s1. The van der Waals surface area contributed by atoms with Crippen molar-refractivity contribution >= 4 is 28.3 Å². The van der Waals surface area contributed by atoms with Crippen molar-refractivity contribution in [3.05, 3.63) is 53.6 Å². The topological polar surface area (TPSA) is 102 Å². The van der Waals surface area contributed by atoms with Crippen molar-refractivity contribution < 1.29 is 19.1 Å². The van der Waals surface area contributed by atoms with Gasteiger partial charge in [-0.15, -0.1) is 10.2 Å². The van der Waals surface area contributed by atoms with Crippen LogP contribution in [-0.2, 0) is 11.2 Å². The molecule has 2 heterocycles. The summed E-state index contributed by atoms with van der Waals surface area (Å²) in [6, 6.07) is 12.4. The smallest absolute Gasteiger partial charge is 0.251 e. The molecule has 2 atom stereocenters. The van der Waals surface area contributed by atoms with Gasteiger partial charge < -0.3 is 14.8 Å². The van der Waals surface area contributed by atoms with Gasteiger partial charge in [-0.05, 0) is 54.7 Å². The fourth-order valence-corrected chi connectivity index (χ4v) is 4.48. The number of nitrogens with one attached hydrogen (secondary N) is 2. The number of aryl methyl sites for hydroxylation is 1. The Balaban J connectivity index is 1.42. The Bertz CT molecular complexity index is 1180. The molecular formula is C26H30N4O4S. The van der Waals surface area contributed by atoms with E-state index in [0.29, 0.717) is 27.2 Å². The molecule has 1 aliphatic heterocycles. The van der Waals surface area contributed by atoms with E-state index in [0.717, 1.165) is 31.2 Å². The van der Waals surface area contributed by atoms with Crippen molar-refractivity contribution in [1.82, 2.24) is 15.5 Å². The molecule has 35 heavy (non-hydrogen) atoms. The summed E-state index contributed by atoms with van der Waals surface area (Å²) >= 11 is 1.26. The quantitative estimate of drug-likeness (QED) is 0.408. The number of unbranched alkanes of at least 4 members (excludes halogenated alkanes) is 1. The Kier molecular flexibility index (Phi) is 7.97. The molecule has 0 saturated heterocycles. The molecule has 2 N–H and O–H groups in total. The second kappa shape index (κ2) is 11.3. The van der Waals surface area contributed by atoms with Crippen LogP contribution in [0.4, 0.5) is 5.13 Å². The van der Waals surface area contributed by atoms with E-state index < -0.39 is 6.04 Å². The zero-order valence-electron chi connectivity index (χ0n) is 20.2. The lowest BCUT2D eigenvalue weighted by atomic mass is 9.97. The van der Waals surface area contributed by atoms with Crippen LogP contribution < -0.4 is 20.1 Å². The molecule has 1 aliphatic rings. The molecule has 0 saturated carbocycles. The summed E-state index contributed by atoms with van der Waals surface area (Å²) in [5.41, 5.74) is 2.56. The molecule has 0 radical (unpaired) electrons. The van der Waals surface area contributed by atoms with Gasteiger partial charge in [0.15, 0.2) is 11.5 Å². The molecule has 0 aliphatic carbocycles. The van der Waals surface area contributed by atoms with Crippen LogP contribution in [0, 0.1) is 5.92 Å². The number of fused-ring (bicyclic) bond motifs is 1. The van der Waals surface area contributed by atoms with Crippen LogP contribution in [0.2, 0.25) is 0 Å². The maximum absolute atomic E-state index is 13.1. The highest BCUT2D eigenvalue weighted by Crippen LogP contribution is 2.37. The Hall–Kier alpha value is -3.46. The lowest BCUT2D eigenvalue weighted by molar-refractivity contribution is -0.119. The Morgan fingerprint density at radius 2 is 1.83 bits per heavy atom. The normalized spacial score (nSPS) is 13.8. The minimum absolute atomic E-state index is 0.0657. The van der Waals surface area contributed by atoms with E-state index in [-0.39, 0.29) is 24.5 Å². The molecule has 2 aromatic carbocycles. The average Bonchev–Trinajstić information content (AvgIpc) is 3.54. The first-order valence-corrected chi connectivity index (χ1v) is 12.7. The molecule has 184 valence electrons. The number of carbonyl (C=O) groups is 2. The SMILES string of the molecule is CCCCc1ccc(C(=O)N[C@@H](C(=O)Nc2nnc(-c3ccc4c(c3)OCO4)s2)[C@H](C)CC)cc1. The summed E-state index contributed by atoms with van der Waals surface area (Å²) in [6.07, 6.45) is 3.96. The van der Waals surface area contributed by atoms with Crippen molar-refractivity contribution in [2.24, 2.45) is 5.92 Å². The Morgan fingerprint density at radius 3 is 2.57 bits per heavy atom. The number of hydrogen-bond acceptors (Lipinski definition) is 7. The summed E-state index contributed by atoms with van der Waals surface area (Å²) in [6.45, 7) is 6.28. The monoisotopic (exact) mass is 494 g/mol. The fourth-order valence-electron chi connectivity index (χ4n) is 3.73. The summed E-state index contributed by atoms with van der Waals surface area (Å²) in [4.78, 5) is 26.0. The van der Waals surface area contributed by atoms with Gasteiger partial charge in [-0.1, -0.05) is 57.1 Å². The number of rotatable bonds is 10. The highest BCUT2D eigenvalue weighted by Gasteiger charge is 2.27. The van der Waals surface area contributed by atoms with Crippen LogP contribution >= 0.6 is 11.3 Å². The minimum atomic E-state index is -0.704. The zero-order valence-corrected chi connectivity index (χ0v) is 21.0. The lowest BCUT2D eigenvalue weighted by Gasteiger charge is -2.23. The predicted molar refractivity (Wildman–Crippen MR) is 136 cm³/mol. The number of benzene rings is 2. The third-order valence-electron chi connectivity index (χ3n) is 6.09. The highest BCUT2D eigenvalue weighted by atomic mass is 32.1. The van der Waals surface area contributed by atoms with Crippen molar-refractivity contribution in [2.45, 2.75) is 52.5 Å². The Labute approximate surface area is 209 Å². The van der Waals surface area contributed by atoms with E-state index in [1.807, 2.05) is 56.3 Å². The highest BCUT2D eigenvalue weighted by molar-refractivity contribution is 7.18. The average molecular weight is 495 g/mol. The van der Waals surface area contributed by atoms with Crippen LogP contribution in [0.3, 0.4) is 0 Å². The number of aromatic nitrogens is 2. The molecule has 0 fully saturated rings. The zero-order chi connectivity index (χ0) is 24.8. The Morgan fingerprint density at radius 1 is 1.06 bits per heavy atom. The molecule has 8 nitrogen and oxygen atoms in total. The van der Waals surface area contributed by atoms with Gasteiger partial charge in [0, 0.05) is 11.1 Å². The number of amides is 2. The lowest BCUT2D eigenvalue weighted by Crippen LogP contribution is -2.47. The molecule has 0 unspecified atom stereocenters. The van der Waals surface area contributed by atoms with Crippen LogP contribution in [-0.4, -0.2) is 34.8 Å². The molecule has 3 aromatic rings. The van der Waals surface area contributed by atoms with Gasteiger partial charge in [0.05, 0.1) is 0 Å². The van der Waals surface area contributed by atoms with E-state index in [1.54, 1.807) is 0 Å². The molecule has 9 heteroatoms. The first kappa shape index (κ1) is 24.7. The van der Waals surface area contributed by atoms with Gasteiger partial charge in [-0.25, -0.2) is 0 Å². The second-order valence-corrected chi connectivity index (χ2v) is 9.58. The van der Waals surface area contributed by atoms with E-state index >= 15 is 0 Å². The molecule has 2 amide bonds. The van der Waals surface area contributed by atoms with E-state index in [1.165, 1.54) is 16.9 Å². The first-order valence-electron chi connectivity index (χ1n) is 11.9. The van der Waals surface area contributed by atoms with Gasteiger partial charge >= 0.3 is 0 Å². The minimum Gasteiger partial charge on any atom is -0.454 e. The number of hydrogen-bond donors (Lipinski definition) is 2. The van der Waals surface area contributed by atoms with E-state index in [4.69, 9.17) is 9.47 Å². The van der Waals surface area contributed by atoms with Crippen molar-refractivity contribution in [1.29, 1.82) is 0 Å². The first-order chi connectivity index (χ1) is 17.0.